The minimum Gasteiger partial charge on any atom is -0.357 e. The maximum Gasteiger partial charge on any atom is 0.270 e. The molecule has 1 aliphatic rings. The van der Waals surface area contributed by atoms with Crippen LogP contribution in [0, 0.1) is 10.1 Å². The third-order valence-electron chi connectivity index (χ3n) is 4.76. The Kier molecular flexibility index (Phi) is 6.38. The molecule has 0 bridgehead atoms. The van der Waals surface area contributed by atoms with Crippen LogP contribution in [-0.2, 0) is 4.79 Å². The summed E-state index contributed by atoms with van der Waals surface area (Å²) in [6, 6.07) is 8.17. The molecule has 2 heterocycles. The number of pyridine rings is 1. The van der Waals surface area contributed by atoms with Crippen molar-refractivity contribution in [1.29, 1.82) is 0 Å². The van der Waals surface area contributed by atoms with Crippen LogP contribution in [0.15, 0.2) is 42.6 Å². The number of benzene rings is 1. The van der Waals surface area contributed by atoms with Crippen molar-refractivity contribution in [2.24, 2.45) is 0 Å². The maximum atomic E-state index is 12.4. The summed E-state index contributed by atoms with van der Waals surface area (Å²) in [7, 11) is 0. The molecule has 2 aromatic rings. The molecule has 1 aromatic carbocycles. The van der Waals surface area contributed by atoms with Gasteiger partial charge < -0.3 is 15.5 Å². The number of nitro benzene ring substituents is 1. The lowest BCUT2D eigenvalue weighted by molar-refractivity contribution is -0.384. The maximum absolute atomic E-state index is 12.4. The van der Waals surface area contributed by atoms with Crippen LogP contribution in [0.1, 0.15) is 36.5 Å². The molecule has 1 aliphatic heterocycles. The van der Waals surface area contributed by atoms with E-state index in [2.05, 4.69) is 20.5 Å². The highest BCUT2D eigenvalue weighted by molar-refractivity contribution is 6.01. The fraction of sp³-hybridized carbons (Fsp3) is 0.350. The van der Waals surface area contributed by atoms with E-state index in [0.717, 1.165) is 31.7 Å². The second-order valence-electron chi connectivity index (χ2n) is 6.94. The number of carbonyl (C=O) groups excluding carboxylic acids is 2. The molecular weight excluding hydrogens is 374 g/mol. The highest BCUT2D eigenvalue weighted by Gasteiger charge is 2.19. The van der Waals surface area contributed by atoms with Crippen LogP contribution < -0.4 is 15.5 Å². The molecule has 1 aromatic heterocycles. The molecule has 2 amide bonds. The molecule has 2 N–H and O–H groups in total. The van der Waals surface area contributed by atoms with Crippen LogP contribution in [0.3, 0.4) is 0 Å². The zero-order valence-corrected chi connectivity index (χ0v) is 16.1. The summed E-state index contributed by atoms with van der Waals surface area (Å²) in [4.78, 5) is 41.5. The van der Waals surface area contributed by atoms with Crippen LogP contribution in [0.2, 0.25) is 0 Å². The summed E-state index contributed by atoms with van der Waals surface area (Å²) in [6.07, 6.45) is 5.14. The number of anilines is 2. The van der Waals surface area contributed by atoms with E-state index in [1.807, 2.05) is 6.07 Å². The molecule has 1 atom stereocenters. The van der Waals surface area contributed by atoms with E-state index in [1.165, 1.54) is 30.7 Å². The molecule has 9 nitrogen and oxygen atoms in total. The molecule has 9 heteroatoms. The first kappa shape index (κ1) is 20.2. The van der Waals surface area contributed by atoms with Crippen LogP contribution in [0.4, 0.5) is 17.2 Å². The molecule has 0 unspecified atom stereocenters. The number of nitrogens with zero attached hydrogens (tertiary/aromatic N) is 3. The average molecular weight is 397 g/mol. The van der Waals surface area contributed by atoms with Crippen LogP contribution in [-0.4, -0.2) is 40.9 Å². The van der Waals surface area contributed by atoms with E-state index in [0.29, 0.717) is 5.69 Å². The van der Waals surface area contributed by atoms with Gasteiger partial charge in [-0.15, -0.1) is 0 Å². The van der Waals surface area contributed by atoms with E-state index < -0.39 is 22.8 Å². The fourth-order valence-corrected chi connectivity index (χ4v) is 3.13. The van der Waals surface area contributed by atoms with Gasteiger partial charge in [0, 0.05) is 30.8 Å². The van der Waals surface area contributed by atoms with Gasteiger partial charge in [-0.25, -0.2) is 4.98 Å². The summed E-state index contributed by atoms with van der Waals surface area (Å²) in [6.45, 7) is 3.51. The summed E-state index contributed by atoms with van der Waals surface area (Å²) >= 11 is 0. The number of nitro groups is 1. The van der Waals surface area contributed by atoms with Gasteiger partial charge in [0.05, 0.1) is 16.8 Å². The number of hydrogen-bond acceptors (Lipinski definition) is 6. The summed E-state index contributed by atoms with van der Waals surface area (Å²) in [5, 5.41) is 16.1. The highest BCUT2D eigenvalue weighted by atomic mass is 16.6. The van der Waals surface area contributed by atoms with Gasteiger partial charge in [0.15, 0.2) is 0 Å². The smallest absolute Gasteiger partial charge is 0.270 e. The lowest BCUT2D eigenvalue weighted by atomic mass is 10.1. The van der Waals surface area contributed by atoms with Gasteiger partial charge in [-0.2, -0.15) is 0 Å². The third-order valence-corrected chi connectivity index (χ3v) is 4.76. The van der Waals surface area contributed by atoms with Gasteiger partial charge in [0.25, 0.3) is 11.6 Å². The SMILES string of the molecule is C[C@H](NC(=O)c1cccc([N+](=O)[O-])c1)C(=O)Nc1ccc(N2CCCCC2)nc1. The predicted octanol–water partition coefficient (Wildman–Crippen LogP) is 2.74. The van der Waals surface area contributed by atoms with Gasteiger partial charge >= 0.3 is 0 Å². The van der Waals surface area contributed by atoms with Crippen molar-refractivity contribution < 1.29 is 14.5 Å². The molecule has 3 rings (SSSR count). The molecule has 0 aliphatic carbocycles. The normalized spacial score (nSPS) is 14.7. The first-order chi connectivity index (χ1) is 13.9. The zero-order valence-electron chi connectivity index (χ0n) is 16.1. The zero-order chi connectivity index (χ0) is 20.8. The number of non-ortho nitro benzene ring substituents is 1. The Balaban J connectivity index is 1.56. The second kappa shape index (κ2) is 9.13. The number of aromatic nitrogens is 1. The van der Waals surface area contributed by atoms with E-state index in [-0.39, 0.29) is 11.3 Å². The number of piperidine rings is 1. The molecule has 0 spiro atoms. The Morgan fingerprint density at radius 3 is 2.59 bits per heavy atom. The molecule has 0 radical (unpaired) electrons. The largest absolute Gasteiger partial charge is 0.357 e. The molecule has 1 saturated heterocycles. The first-order valence-corrected chi connectivity index (χ1v) is 9.51. The van der Waals surface area contributed by atoms with Crippen molar-refractivity contribution in [3.05, 3.63) is 58.3 Å². The number of hydrogen-bond donors (Lipinski definition) is 2. The Bertz CT molecular complexity index is 894. The molecule has 152 valence electrons. The molecular formula is C20H23N5O4. The topological polar surface area (TPSA) is 117 Å². The lowest BCUT2D eigenvalue weighted by Crippen LogP contribution is -2.41. The van der Waals surface area contributed by atoms with Gasteiger partial charge in [-0.3, -0.25) is 19.7 Å². The fourth-order valence-electron chi connectivity index (χ4n) is 3.13. The number of nitrogens with one attached hydrogen (secondary N) is 2. The molecule has 0 saturated carbocycles. The molecule has 1 fully saturated rings. The highest BCUT2D eigenvalue weighted by Crippen LogP contribution is 2.19. The van der Waals surface area contributed by atoms with Crippen molar-refractivity contribution in [2.45, 2.75) is 32.2 Å². The van der Waals surface area contributed by atoms with Crippen molar-refractivity contribution in [3.8, 4) is 0 Å². The van der Waals surface area contributed by atoms with Crippen LogP contribution in [0.25, 0.3) is 0 Å². The standard InChI is InChI=1S/C20H23N5O4/c1-14(22-20(27)15-6-5-7-17(12-15)25(28)29)19(26)23-16-8-9-18(21-13-16)24-10-3-2-4-11-24/h5-9,12-14H,2-4,10-11H2,1H3,(H,22,27)(H,23,26)/t14-/m0/s1. The van der Waals surface area contributed by atoms with Crippen molar-refractivity contribution in [2.75, 3.05) is 23.3 Å². The number of carbonyl (C=O) groups is 2. The summed E-state index contributed by atoms with van der Waals surface area (Å²) < 4.78 is 0. The third kappa shape index (κ3) is 5.28. The van der Waals surface area contributed by atoms with Gasteiger partial charge in [0.1, 0.15) is 11.9 Å². The summed E-state index contributed by atoms with van der Waals surface area (Å²) in [5.74, 6) is -0.0825. The first-order valence-electron chi connectivity index (χ1n) is 9.51. The Morgan fingerprint density at radius 2 is 1.93 bits per heavy atom. The van der Waals surface area contributed by atoms with Crippen molar-refractivity contribution >= 4 is 29.0 Å². The number of amides is 2. The minimum atomic E-state index is -0.830. The monoisotopic (exact) mass is 397 g/mol. The van der Waals surface area contributed by atoms with Crippen LogP contribution in [0.5, 0.6) is 0 Å². The van der Waals surface area contributed by atoms with Gasteiger partial charge in [-0.1, -0.05) is 6.07 Å². The second-order valence-corrected chi connectivity index (χ2v) is 6.94. The lowest BCUT2D eigenvalue weighted by Gasteiger charge is -2.27. The Morgan fingerprint density at radius 1 is 1.17 bits per heavy atom. The van der Waals surface area contributed by atoms with E-state index in [1.54, 1.807) is 19.2 Å². The Labute approximate surface area is 168 Å². The Hall–Kier alpha value is -3.49. The van der Waals surface area contributed by atoms with Gasteiger partial charge in [-0.05, 0) is 44.4 Å². The van der Waals surface area contributed by atoms with E-state index in [9.17, 15) is 19.7 Å². The van der Waals surface area contributed by atoms with Crippen molar-refractivity contribution in [1.82, 2.24) is 10.3 Å². The van der Waals surface area contributed by atoms with Crippen molar-refractivity contribution in [3.63, 3.8) is 0 Å². The number of rotatable bonds is 6. The molecule has 29 heavy (non-hydrogen) atoms. The predicted molar refractivity (Wildman–Crippen MR) is 109 cm³/mol. The van der Waals surface area contributed by atoms with Crippen LogP contribution >= 0.6 is 0 Å². The quantitative estimate of drug-likeness (QED) is 0.572. The average Bonchev–Trinajstić information content (AvgIpc) is 2.75. The van der Waals surface area contributed by atoms with Gasteiger partial charge in [0.2, 0.25) is 5.91 Å². The van der Waals surface area contributed by atoms with E-state index >= 15 is 0 Å². The minimum absolute atomic E-state index is 0.117. The summed E-state index contributed by atoms with van der Waals surface area (Å²) in [5.41, 5.74) is 0.466. The van der Waals surface area contributed by atoms with E-state index in [4.69, 9.17) is 0 Å².